The molecule has 0 spiro atoms. The summed E-state index contributed by atoms with van der Waals surface area (Å²) in [5, 5.41) is 18.4. The van der Waals surface area contributed by atoms with Crippen LogP contribution in [0.3, 0.4) is 0 Å². The first-order valence-corrected chi connectivity index (χ1v) is 6.48. The molecule has 112 valence electrons. The number of carbonyl (C=O) groups is 2. The van der Waals surface area contributed by atoms with E-state index in [1.165, 1.54) is 6.07 Å². The van der Waals surface area contributed by atoms with E-state index >= 15 is 0 Å². The van der Waals surface area contributed by atoms with Crippen molar-refractivity contribution in [3.63, 3.8) is 0 Å². The average Bonchev–Trinajstić information content (AvgIpc) is 2.94. The molecule has 0 aromatic heterocycles. The van der Waals surface area contributed by atoms with Crippen molar-refractivity contribution in [3.05, 3.63) is 47.0 Å². The van der Waals surface area contributed by atoms with Gasteiger partial charge in [0.05, 0.1) is 11.1 Å². The molecule has 3 rings (SSSR count). The van der Waals surface area contributed by atoms with Crippen LogP contribution in [0.25, 0.3) is 11.1 Å². The van der Waals surface area contributed by atoms with Crippen LogP contribution in [0.2, 0.25) is 0 Å². The Morgan fingerprint density at radius 1 is 1.00 bits per heavy atom. The Morgan fingerprint density at radius 3 is 2.41 bits per heavy atom. The summed E-state index contributed by atoms with van der Waals surface area (Å²) in [5.74, 6) is -1.18. The van der Waals surface area contributed by atoms with Crippen molar-refractivity contribution in [3.8, 4) is 22.6 Å². The van der Waals surface area contributed by atoms with E-state index in [2.05, 4.69) is 0 Å². The van der Waals surface area contributed by atoms with E-state index in [-0.39, 0.29) is 17.9 Å². The Bertz CT molecular complexity index is 793. The van der Waals surface area contributed by atoms with Crippen molar-refractivity contribution in [2.75, 3.05) is 6.79 Å². The van der Waals surface area contributed by atoms with Gasteiger partial charge in [-0.1, -0.05) is 6.07 Å². The summed E-state index contributed by atoms with van der Waals surface area (Å²) in [6.07, 6.45) is 0. The smallest absolute Gasteiger partial charge is 0.335 e. The fraction of sp³-hybridized carbons (Fsp3) is 0.125. The molecule has 0 bridgehead atoms. The molecule has 2 N–H and O–H groups in total. The highest BCUT2D eigenvalue weighted by molar-refractivity contribution is 5.98. The van der Waals surface area contributed by atoms with E-state index in [9.17, 15) is 19.8 Å². The maximum Gasteiger partial charge on any atom is 0.335 e. The van der Waals surface area contributed by atoms with Crippen molar-refractivity contribution in [1.82, 2.24) is 0 Å². The van der Waals surface area contributed by atoms with Crippen LogP contribution in [0.5, 0.6) is 11.5 Å². The fourth-order valence-electron chi connectivity index (χ4n) is 2.42. The lowest BCUT2D eigenvalue weighted by Crippen LogP contribution is -2.06. The maximum absolute atomic E-state index is 11.3. The van der Waals surface area contributed by atoms with E-state index in [1.807, 2.05) is 0 Å². The molecule has 2 aromatic carbocycles. The summed E-state index contributed by atoms with van der Waals surface area (Å²) in [6, 6.07) is 7.79. The number of hydrogen-bond acceptors (Lipinski definition) is 4. The molecule has 0 saturated heterocycles. The molecule has 0 fully saturated rings. The molecule has 6 nitrogen and oxygen atoms in total. The van der Waals surface area contributed by atoms with Crippen LogP contribution in [0.15, 0.2) is 30.3 Å². The summed E-state index contributed by atoms with van der Waals surface area (Å²) in [5.41, 5.74) is 1.60. The van der Waals surface area contributed by atoms with Crippen LogP contribution >= 0.6 is 0 Å². The van der Waals surface area contributed by atoms with Crippen LogP contribution < -0.4 is 9.47 Å². The summed E-state index contributed by atoms with van der Waals surface area (Å²) >= 11 is 0. The van der Waals surface area contributed by atoms with E-state index in [1.54, 1.807) is 25.1 Å². The first kappa shape index (κ1) is 13.9. The normalized spacial score (nSPS) is 12.2. The molecule has 0 unspecified atom stereocenters. The second kappa shape index (κ2) is 5.07. The molecule has 2 aromatic rings. The highest BCUT2D eigenvalue weighted by Crippen LogP contribution is 2.37. The fourth-order valence-corrected chi connectivity index (χ4v) is 2.42. The van der Waals surface area contributed by atoms with E-state index < -0.39 is 11.9 Å². The zero-order valence-corrected chi connectivity index (χ0v) is 11.6. The molecule has 22 heavy (non-hydrogen) atoms. The summed E-state index contributed by atoms with van der Waals surface area (Å²) in [7, 11) is 0. The molecule has 0 atom stereocenters. The van der Waals surface area contributed by atoms with Crippen molar-refractivity contribution in [1.29, 1.82) is 0 Å². The monoisotopic (exact) mass is 300 g/mol. The predicted octanol–water partition coefficient (Wildman–Crippen LogP) is 2.79. The van der Waals surface area contributed by atoms with Gasteiger partial charge >= 0.3 is 11.9 Å². The molecule has 6 heteroatoms. The van der Waals surface area contributed by atoms with Gasteiger partial charge in [-0.15, -0.1) is 0 Å². The van der Waals surface area contributed by atoms with Gasteiger partial charge in [0.25, 0.3) is 0 Å². The third kappa shape index (κ3) is 2.24. The largest absolute Gasteiger partial charge is 0.478 e. The number of carboxylic acid groups (broad SMARTS) is 2. The molecule has 0 aliphatic carbocycles. The lowest BCUT2D eigenvalue weighted by Gasteiger charge is -2.11. The zero-order chi connectivity index (χ0) is 15.9. The van der Waals surface area contributed by atoms with E-state index in [0.717, 1.165) is 6.07 Å². The maximum atomic E-state index is 11.3. The van der Waals surface area contributed by atoms with Crippen LogP contribution in [0, 0.1) is 6.92 Å². The van der Waals surface area contributed by atoms with Gasteiger partial charge in [0.2, 0.25) is 6.79 Å². The van der Waals surface area contributed by atoms with Crippen molar-refractivity contribution >= 4 is 11.9 Å². The molecule has 0 saturated carbocycles. The number of ether oxygens (including phenoxy) is 2. The molecule has 1 heterocycles. The summed E-state index contributed by atoms with van der Waals surface area (Å²) < 4.78 is 10.5. The van der Waals surface area contributed by atoms with Gasteiger partial charge < -0.3 is 19.7 Å². The van der Waals surface area contributed by atoms with Gasteiger partial charge in [-0.05, 0) is 47.9 Å². The number of fused-ring (bicyclic) bond motifs is 1. The van der Waals surface area contributed by atoms with Gasteiger partial charge in [-0.2, -0.15) is 0 Å². The van der Waals surface area contributed by atoms with Gasteiger partial charge in [0.15, 0.2) is 11.5 Å². The standard InChI is InChI=1S/C16H12O6/c1-8-11(4-10(15(17)18)5-12(8)16(19)20)9-2-3-13-14(6-9)22-7-21-13/h2-6H,7H2,1H3,(H,17,18)(H,19,20). The molecular weight excluding hydrogens is 288 g/mol. The van der Waals surface area contributed by atoms with Crippen LogP contribution in [0.4, 0.5) is 0 Å². The van der Waals surface area contributed by atoms with Crippen molar-refractivity contribution < 1.29 is 29.3 Å². The quantitative estimate of drug-likeness (QED) is 0.905. The molecule has 1 aliphatic rings. The number of rotatable bonds is 3. The summed E-state index contributed by atoms with van der Waals surface area (Å²) in [4.78, 5) is 22.5. The minimum absolute atomic E-state index is 0.0347. The number of carboxylic acids is 2. The topological polar surface area (TPSA) is 93.1 Å². The Labute approximate surface area is 125 Å². The van der Waals surface area contributed by atoms with Gasteiger partial charge in [0, 0.05) is 0 Å². The highest BCUT2D eigenvalue weighted by Gasteiger charge is 2.19. The second-order valence-corrected chi connectivity index (χ2v) is 4.87. The molecule has 1 aliphatic heterocycles. The third-order valence-electron chi connectivity index (χ3n) is 3.57. The first-order valence-electron chi connectivity index (χ1n) is 6.48. The van der Waals surface area contributed by atoms with Gasteiger partial charge in [-0.3, -0.25) is 0 Å². The van der Waals surface area contributed by atoms with Crippen molar-refractivity contribution in [2.45, 2.75) is 6.92 Å². The van der Waals surface area contributed by atoms with Gasteiger partial charge in [0.1, 0.15) is 0 Å². The number of aromatic carboxylic acids is 2. The SMILES string of the molecule is Cc1c(C(=O)O)cc(C(=O)O)cc1-c1ccc2c(c1)OCO2. The van der Waals surface area contributed by atoms with Gasteiger partial charge in [-0.25, -0.2) is 9.59 Å². The lowest BCUT2D eigenvalue weighted by atomic mass is 9.93. The third-order valence-corrected chi connectivity index (χ3v) is 3.57. The first-order chi connectivity index (χ1) is 10.5. The lowest BCUT2D eigenvalue weighted by molar-refractivity contribution is 0.0695. The molecule has 0 radical (unpaired) electrons. The minimum atomic E-state index is -1.18. The van der Waals surface area contributed by atoms with E-state index in [0.29, 0.717) is 28.2 Å². The Hall–Kier alpha value is -3.02. The second-order valence-electron chi connectivity index (χ2n) is 4.87. The Balaban J connectivity index is 2.21. The Morgan fingerprint density at radius 2 is 1.73 bits per heavy atom. The Kier molecular flexibility index (Phi) is 3.21. The summed E-state index contributed by atoms with van der Waals surface area (Å²) in [6.45, 7) is 1.78. The number of hydrogen-bond donors (Lipinski definition) is 2. The number of benzene rings is 2. The molecular formula is C16H12O6. The zero-order valence-electron chi connectivity index (χ0n) is 11.6. The van der Waals surface area contributed by atoms with Crippen LogP contribution in [-0.2, 0) is 0 Å². The predicted molar refractivity (Wildman–Crippen MR) is 76.7 cm³/mol. The van der Waals surface area contributed by atoms with Crippen molar-refractivity contribution in [2.24, 2.45) is 0 Å². The van der Waals surface area contributed by atoms with Crippen LogP contribution in [-0.4, -0.2) is 28.9 Å². The molecule has 0 amide bonds. The highest BCUT2D eigenvalue weighted by atomic mass is 16.7. The van der Waals surface area contributed by atoms with E-state index in [4.69, 9.17) is 9.47 Å². The van der Waals surface area contributed by atoms with Crippen LogP contribution in [0.1, 0.15) is 26.3 Å². The minimum Gasteiger partial charge on any atom is -0.478 e. The average molecular weight is 300 g/mol.